The first-order valence-electron chi connectivity index (χ1n) is 8.30. The number of ether oxygens (including phenoxy) is 3. The maximum absolute atomic E-state index is 12.5. The lowest BCUT2D eigenvalue weighted by Gasteiger charge is -2.26. The van der Waals surface area contributed by atoms with Crippen LogP contribution in [0.25, 0.3) is 0 Å². The molecule has 130 valence electrons. The smallest absolute Gasteiger partial charge is 0.224 e. The van der Waals surface area contributed by atoms with Crippen molar-refractivity contribution in [2.45, 2.75) is 18.9 Å². The van der Waals surface area contributed by atoms with Crippen LogP contribution in [0.2, 0.25) is 5.02 Å². The van der Waals surface area contributed by atoms with E-state index in [1.54, 1.807) is 6.07 Å². The van der Waals surface area contributed by atoms with Gasteiger partial charge in [-0.1, -0.05) is 29.8 Å². The minimum Gasteiger partial charge on any atom is -0.493 e. The Morgan fingerprint density at radius 1 is 1.08 bits per heavy atom. The summed E-state index contributed by atoms with van der Waals surface area (Å²) in [4.78, 5) is 12.5. The number of hydrogen-bond donors (Lipinski definition) is 1. The van der Waals surface area contributed by atoms with Crippen molar-refractivity contribution in [3.8, 4) is 17.2 Å². The van der Waals surface area contributed by atoms with Crippen LogP contribution in [0.15, 0.2) is 36.4 Å². The van der Waals surface area contributed by atoms with Crippen molar-refractivity contribution in [2.75, 3.05) is 19.8 Å². The molecule has 0 saturated heterocycles. The molecule has 1 atom stereocenters. The molecule has 2 aromatic rings. The van der Waals surface area contributed by atoms with Crippen LogP contribution >= 0.6 is 11.6 Å². The van der Waals surface area contributed by atoms with Gasteiger partial charge in [0, 0.05) is 12.0 Å². The summed E-state index contributed by atoms with van der Waals surface area (Å²) < 4.78 is 16.7. The molecule has 0 fully saturated rings. The van der Waals surface area contributed by atoms with E-state index in [2.05, 4.69) is 5.32 Å². The maximum Gasteiger partial charge on any atom is 0.224 e. The monoisotopic (exact) mass is 359 g/mol. The predicted molar refractivity (Wildman–Crippen MR) is 93.6 cm³/mol. The van der Waals surface area contributed by atoms with Gasteiger partial charge in [-0.2, -0.15) is 0 Å². The van der Waals surface area contributed by atoms with Crippen LogP contribution in [-0.2, 0) is 11.2 Å². The maximum atomic E-state index is 12.5. The molecule has 5 nitrogen and oxygen atoms in total. The molecule has 1 amide bonds. The second-order valence-electron chi connectivity index (χ2n) is 6.07. The lowest BCUT2D eigenvalue weighted by molar-refractivity contribution is -0.121. The van der Waals surface area contributed by atoms with Gasteiger partial charge in [0.1, 0.15) is 19.0 Å². The number of amides is 1. The quantitative estimate of drug-likeness (QED) is 0.913. The number of halogens is 1. The third-order valence-electron chi connectivity index (χ3n) is 4.32. The average molecular weight is 360 g/mol. The lowest BCUT2D eigenvalue weighted by Crippen LogP contribution is -2.33. The highest BCUT2D eigenvalue weighted by Crippen LogP contribution is 2.38. The van der Waals surface area contributed by atoms with Gasteiger partial charge in [0.2, 0.25) is 5.91 Å². The molecule has 0 aromatic heterocycles. The molecular formula is C19H18ClNO4. The highest BCUT2D eigenvalue weighted by Gasteiger charge is 2.23. The van der Waals surface area contributed by atoms with Gasteiger partial charge in [-0.05, 0) is 23.8 Å². The van der Waals surface area contributed by atoms with Gasteiger partial charge >= 0.3 is 0 Å². The topological polar surface area (TPSA) is 56.8 Å². The van der Waals surface area contributed by atoms with Crippen LogP contribution in [0.3, 0.4) is 0 Å². The molecule has 1 N–H and O–H groups in total. The molecule has 0 bridgehead atoms. The second-order valence-corrected chi connectivity index (χ2v) is 6.48. The number of nitrogens with one attached hydrogen (secondary N) is 1. The van der Waals surface area contributed by atoms with Gasteiger partial charge in [-0.25, -0.2) is 0 Å². The van der Waals surface area contributed by atoms with Crippen molar-refractivity contribution in [2.24, 2.45) is 0 Å². The first-order valence-corrected chi connectivity index (χ1v) is 8.67. The third kappa shape index (κ3) is 3.37. The summed E-state index contributed by atoms with van der Waals surface area (Å²) in [6.45, 7) is 1.56. The molecule has 2 aliphatic rings. The molecule has 0 spiro atoms. The highest BCUT2D eigenvalue weighted by atomic mass is 35.5. The summed E-state index contributed by atoms with van der Waals surface area (Å²) in [7, 11) is 0. The highest BCUT2D eigenvalue weighted by molar-refractivity contribution is 6.32. The fraction of sp³-hybridized carbons (Fsp3) is 0.316. The normalized spacial score (nSPS) is 18.0. The zero-order valence-corrected chi connectivity index (χ0v) is 14.3. The van der Waals surface area contributed by atoms with E-state index in [4.69, 9.17) is 25.8 Å². The summed E-state index contributed by atoms with van der Waals surface area (Å²) in [5.74, 6) is 1.92. The van der Waals surface area contributed by atoms with Crippen molar-refractivity contribution < 1.29 is 19.0 Å². The number of benzene rings is 2. The van der Waals surface area contributed by atoms with Crippen molar-refractivity contribution in [3.63, 3.8) is 0 Å². The van der Waals surface area contributed by atoms with Crippen LogP contribution in [0.4, 0.5) is 0 Å². The van der Waals surface area contributed by atoms with Gasteiger partial charge in [0.25, 0.3) is 0 Å². The van der Waals surface area contributed by atoms with Crippen molar-refractivity contribution in [3.05, 3.63) is 52.5 Å². The van der Waals surface area contributed by atoms with Crippen LogP contribution in [-0.4, -0.2) is 25.7 Å². The van der Waals surface area contributed by atoms with E-state index in [9.17, 15) is 4.79 Å². The summed E-state index contributed by atoms with van der Waals surface area (Å²) in [6, 6.07) is 11.3. The first-order chi connectivity index (χ1) is 12.2. The van der Waals surface area contributed by atoms with Gasteiger partial charge < -0.3 is 19.5 Å². The Morgan fingerprint density at radius 3 is 2.80 bits per heavy atom. The van der Waals surface area contributed by atoms with Crippen LogP contribution in [0.1, 0.15) is 23.6 Å². The summed E-state index contributed by atoms with van der Waals surface area (Å²) >= 11 is 6.24. The van der Waals surface area contributed by atoms with E-state index in [0.717, 1.165) is 23.3 Å². The molecule has 0 saturated carbocycles. The summed E-state index contributed by atoms with van der Waals surface area (Å²) in [5.41, 5.74) is 1.81. The number of hydrogen-bond acceptors (Lipinski definition) is 4. The van der Waals surface area contributed by atoms with E-state index in [0.29, 0.717) is 36.3 Å². The first kappa shape index (κ1) is 16.1. The van der Waals surface area contributed by atoms with E-state index < -0.39 is 0 Å². The Labute approximate surface area is 150 Å². The predicted octanol–water partition coefficient (Wildman–Crippen LogP) is 3.29. The zero-order valence-electron chi connectivity index (χ0n) is 13.6. The van der Waals surface area contributed by atoms with Gasteiger partial charge in [0.15, 0.2) is 11.5 Å². The largest absolute Gasteiger partial charge is 0.493 e. The SMILES string of the molecule is O=C(Cc1cc(Cl)c2c(c1)OCCO2)NC1CCOc2ccccc21. The summed E-state index contributed by atoms with van der Waals surface area (Å²) in [6.07, 6.45) is 0.987. The Hall–Kier alpha value is -2.40. The zero-order chi connectivity index (χ0) is 17.2. The Balaban J connectivity index is 1.47. The van der Waals surface area contributed by atoms with Gasteiger partial charge in [-0.3, -0.25) is 4.79 Å². The molecule has 6 heteroatoms. The van der Waals surface area contributed by atoms with Crippen LogP contribution in [0, 0.1) is 0 Å². The molecule has 2 heterocycles. The summed E-state index contributed by atoms with van der Waals surface area (Å²) in [5, 5.41) is 3.56. The van der Waals surface area contributed by atoms with E-state index in [-0.39, 0.29) is 18.4 Å². The molecule has 2 aliphatic heterocycles. The second kappa shape index (κ2) is 6.84. The molecule has 0 aliphatic carbocycles. The lowest BCUT2D eigenvalue weighted by atomic mass is 10.00. The van der Waals surface area contributed by atoms with Crippen LogP contribution < -0.4 is 19.5 Å². The van der Waals surface area contributed by atoms with Crippen LogP contribution in [0.5, 0.6) is 17.2 Å². The number of para-hydroxylation sites is 1. The number of carbonyl (C=O) groups is 1. The number of carbonyl (C=O) groups excluding carboxylic acids is 1. The fourth-order valence-corrected chi connectivity index (χ4v) is 3.48. The molecule has 1 unspecified atom stereocenters. The minimum absolute atomic E-state index is 0.0369. The third-order valence-corrected chi connectivity index (χ3v) is 4.60. The van der Waals surface area contributed by atoms with Crippen molar-refractivity contribution >= 4 is 17.5 Å². The molecule has 25 heavy (non-hydrogen) atoms. The van der Waals surface area contributed by atoms with Gasteiger partial charge in [0.05, 0.1) is 24.1 Å². The number of fused-ring (bicyclic) bond motifs is 2. The van der Waals surface area contributed by atoms with Crippen molar-refractivity contribution in [1.82, 2.24) is 5.32 Å². The molecular weight excluding hydrogens is 342 g/mol. The standard InChI is InChI=1S/C19H18ClNO4/c20-14-9-12(10-17-19(14)25-8-7-24-17)11-18(22)21-15-5-6-23-16-4-2-1-3-13(15)16/h1-4,9-10,15H,5-8,11H2,(H,21,22). The fourth-order valence-electron chi connectivity index (χ4n) is 3.19. The van der Waals surface area contributed by atoms with Gasteiger partial charge in [-0.15, -0.1) is 0 Å². The Bertz CT molecular complexity index is 808. The van der Waals surface area contributed by atoms with Crippen molar-refractivity contribution in [1.29, 1.82) is 0 Å². The van der Waals surface area contributed by atoms with E-state index >= 15 is 0 Å². The Kier molecular flexibility index (Phi) is 4.40. The average Bonchev–Trinajstić information content (AvgIpc) is 2.62. The van der Waals surface area contributed by atoms with E-state index in [1.807, 2.05) is 30.3 Å². The molecule has 2 aromatic carbocycles. The molecule has 4 rings (SSSR count). The minimum atomic E-state index is -0.0607. The Morgan fingerprint density at radius 2 is 1.88 bits per heavy atom. The van der Waals surface area contributed by atoms with E-state index in [1.165, 1.54) is 0 Å². The number of rotatable bonds is 3. The molecule has 0 radical (unpaired) electrons.